The van der Waals surface area contributed by atoms with Gasteiger partial charge in [0.1, 0.15) is 11.0 Å². The molecular formula is C18H26N2O5. The zero-order valence-electron chi connectivity index (χ0n) is 15.5. The van der Waals surface area contributed by atoms with Crippen LogP contribution in [0.25, 0.3) is 0 Å². The van der Waals surface area contributed by atoms with E-state index in [1.165, 1.54) is 14.2 Å². The number of aromatic nitrogens is 1. The van der Waals surface area contributed by atoms with E-state index in [-0.39, 0.29) is 6.54 Å². The lowest BCUT2D eigenvalue weighted by molar-refractivity contribution is -0.150. The van der Waals surface area contributed by atoms with Gasteiger partial charge in [0.2, 0.25) is 5.88 Å². The van der Waals surface area contributed by atoms with Gasteiger partial charge in [0.15, 0.2) is 0 Å². The number of rotatable bonds is 3. The van der Waals surface area contributed by atoms with Crippen molar-refractivity contribution in [1.29, 1.82) is 0 Å². The SMILES string of the molecule is COC(=O)C1(c2cccnc2OC)CCCN(C(=O)OC(C)(C)C)C1. The number of amides is 1. The van der Waals surface area contributed by atoms with E-state index >= 15 is 0 Å². The van der Waals surface area contributed by atoms with Gasteiger partial charge in [-0.3, -0.25) is 4.79 Å². The normalized spacial score (nSPS) is 20.8. The smallest absolute Gasteiger partial charge is 0.410 e. The van der Waals surface area contributed by atoms with Gasteiger partial charge in [0.05, 0.1) is 14.2 Å². The molecule has 0 saturated carbocycles. The van der Waals surface area contributed by atoms with Crippen LogP contribution in [0.15, 0.2) is 18.3 Å². The Hall–Kier alpha value is -2.31. The molecule has 0 aliphatic carbocycles. The van der Waals surface area contributed by atoms with Crippen molar-refractivity contribution in [3.05, 3.63) is 23.9 Å². The first kappa shape index (κ1) is 19.0. The van der Waals surface area contributed by atoms with E-state index in [0.717, 1.165) is 0 Å². The van der Waals surface area contributed by atoms with Gasteiger partial charge >= 0.3 is 12.1 Å². The Labute approximate surface area is 148 Å². The molecule has 1 amide bonds. The summed E-state index contributed by atoms with van der Waals surface area (Å²) in [5.41, 5.74) is -1.00. The largest absolute Gasteiger partial charge is 0.481 e. The zero-order valence-corrected chi connectivity index (χ0v) is 15.5. The van der Waals surface area contributed by atoms with Crippen LogP contribution in [-0.4, -0.2) is 54.9 Å². The number of hydrogen-bond donors (Lipinski definition) is 0. The third-order valence-electron chi connectivity index (χ3n) is 4.20. The molecule has 25 heavy (non-hydrogen) atoms. The van der Waals surface area contributed by atoms with Gasteiger partial charge in [-0.15, -0.1) is 0 Å². The Morgan fingerprint density at radius 2 is 2.00 bits per heavy atom. The number of ether oxygens (including phenoxy) is 3. The second-order valence-electron chi connectivity index (χ2n) is 7.14. The lowest BCUT2D eigenvalue weighted by Gasteiger charge is -2.41. The molecule has 2 rings (SSSR count). The van der Waals surface area contributed by atoms with Crippen LogP contribution in [0.2, 0.25) is 0 Å². The molecule has 0 radical (unpaired) electrons. The molecule has 138 valence electrons. The average molecular weight is 350 g/mol. The van der Waals surface area contributed by atoms with Gasteiger partial charge in [-0.05, 0) is 39.7 Å². The molecule has 7 nitrogen and oxygen atoms in total. The number of methoxy groups -OCH3 is 2. The van der Waals surface area contributed by atoms with Crippen LogP contribution in [0.4, 0.5) is 4.79 Å². The molecular weight excluding hydrogens is 324 g/mol. The maximum atomic E-state index is 12.7. The van der Waals surface area contributed by atoms with E-state index in [1.807, 2.05) is 20.8 Å². The maximum Gasteiger partial charge on any atom is 0.410 e. The Bertz CT molecular complexity index is 641. The molecule has 0 bridgehead atoms. The Kier molecular flexibility index (Phi) is 5.55. The maximum absolute atomic E-state index is 12.7. The molecule has 1 atom stereocenters. The fourth-order valence-corrected chi connectivity index (χ4v) is 3.15. The summed E-state index contributed by atoms with van der Waals surface area (Å²) in [6, 6.07) is 3.54. The second kappa shape index (κ2) is 7.29. The topological polar surface area (TPSA) is 78.0 Å². The standard InChI is InChI=1S/C18H26N2O5/c1-17(2,3)25-16(22)20-11-7-9-18(12-20,15(21)24-5)13-8-6-10-19-14(13)23-4/h6,8,10H,7,9,11-12H2,1-5H3. The molecule has 1 aromatic rings. The molecule has 1 saturated heterocycles. The number of pyridine rings is 1. The lowest BCUT2D eigenvalue weighted by atomic mass is 9.74. The van der Waals surface area contributed by atoms with E-state index in [9.17, 15) is 9.59 Å². The second-order valence-corrected chi connectivity index (χ2v) is 7.14. The fourth-order valence-electron chi connectivity index (χ4n) is 3.15. The summed E-state index contributed by atoms with van der Waals surface area (Å²) in [7, 11) is 2.85. The zero-order chi connectivity index (χ0) is 18.7. The van der Waals surface area contributed by atoms with Crippen molar-refractivity contribution >= 4 is 12.1 Å². The quantitative estimate of drug-likeness (QED) is 0.780. The minimum atomic E-state index is -1.02. The highest BCUT2D eigenvalue weighted by Gasteiger charge is 2.48. The highest BCUT2D eigenvalue weighted by molar-refractivity contribution is 5.85. The van der Waals surface area contributed by atoms with Crippen molar-refractivity contribution in [2.24, 2.45) is 0 Å². The van der Waals surface area contributed by atoms with Crippen LogP contribution in [0, 0.1) is 0 Å². The van der Waals surface area contributed by atoms with E-state index in [0.29, 0.717) is 30.8 Å². The molecule has 0 N–H and O–H groups in total. The van der Waals surface area contributed by atoms with E-state index in [4.69, 9.17) is 14.2 Å². The molecule has 1 unspecified atom stereocenters. The summed E-state index contributed by atoms with van der Waals surface area (Å²) in [4.78, 5) is 31.0. The number of piperidine rings is 1. The van der Waals surface area contributed by atoms with Crippen LogP contribution >= 0.6 is 0 Å². The van der Waals surface area contributed by atoms with Gasteiger partial charge in [0.25, 0.3) is 0 Å². The molecule has 7 heteroatoms. The minimum absolute atomic E-state index is 0.163. The van der Waals surface area contributed by atoms with Gasteiger partial charge in [-0.2, -0.15) is 0 Å². The first-order valence-electron chi connectivity index (χ1n) is 8.29. The van der Waals surface area contributed by atoms with Crippen molar-refractivity contribution in [3.63, 3.8) is 0 Å². The monoisotopic (exact) mass is 350 g/mol. The molecule has 1 aliphatic rings. The van der Waals surface area contributed by atoms with Crippen molar-refractivity contribution in [1.82, 2.24) is 9.88 Å². The number of carbonyl (C=O) groups excluding carboxylic acids is 2. The Morgan fingerprint density at radius 3 is 2.60 bits per heavy atom. The first-order valence-corrected chi connectivity index (χ1v) is 8.29. The average Bonchev–Trinajstić information content (AvgIpc) is 2.59. The lowest BCUT2D eigenvalue weighted by Crippen LogP contribution is -2.54. The Morgan fingerprint density at radius 1 is 1.28 bits per heavy atom. The Balaban J connectivity index is 2.40. The molecule has 2 heterocycles. The number of likely N-dealkylation sites (tertiary alicyclic amines) is 1. The van der Waals surface area contributed by atoms with E-state index < -0.39 is 23.1 Å². The highest BCUT2D eigenvalue weighted by Crippen LogP contribution is 2.39. The first-order chi connectivity index (χ1) is 11.7. The fraction of sp³-hybridized carbons (Fsp3) is 0.611. The van der Waals surface area contributed by atoms with Crippen LogP contribution < -0.4 is 4.74 Å². The van der Waals surface area contributed by atoms with Gasteiger partial charge in [-0.1, -0.05) is 6.07 Å². The predicted molar refractivity (Wildman–Crippen MR) is 91.5 cm³/mol. The number of nitrogens with zero attached hydrogens (tertiary/aromatic N) is 2. The third-order valence-corrected chi connectivity index (χ3v) is 4.20. The third kappa shape index (κ3) is 4.03. The predicted octanol–water partition coefficient (Wildman–Crippen LogP) is 2.53. The van der Waals surface area contributed by atoms with Gasteiger partial charge in [-0.25, -0.2) is 9.78 Å². The molecule has 1 aromatic heterocycles. The van der Waals surface area contributed by atoms with E-state index in [2.05, 4.69) is 4.98 Å². The van der Waals surface area contributed by atoms with Crippen LogP contribution in [0.3, 0.4) is 0 Å². The number of hydrogen-bond acceptors (Lipinski definition) is 6. The van der Waals surface area contributed by atoms with Crippen LogP contribution in [-0.2, 0) is 19.7 Å². The minimum Gasteiger partial charge on any atom is -0.481 e. The van der Waals surface area contributed by atoms with Crippen molar-refractivity contribution in [2.75, 3.05) is 27.3 Å². The molecule has 0 spiro atoms. The summed E-state index contributed by atoms with van der Waals surface area (Å²) in [5.74, 6) is -0.0500. The van der Waals surface area contributed by atoms with Crippen LogP contribution in [0.5, 0.6) is 5.88 Å². The summed E-state index contributed by atoms with van der Waals surface area (Å²) < 4.78 is 15.9. The summed E-state index contributed by atoms with van der Waals surface area (Å²) in [6.45, 7) is 6.12. The highest BCUT2D eigenvalue weighted by atomic mass is 16.6. The summed E-state index contributed by atoms with van der Waals surface area (Å²) in [5, 5.41) is 0. The number of carbonyl (C=O) groups is 2. The van der Waals surface area contributed by atoms with E-state index in [1.54, 1.807) is 23.2 Å². The van der Waals surface area contributed by atoms with Gasteiger partial charge < -0.3 is 19.1 Å². The van der Waals surface area contributed by atoms with Crippen molar-refractivity contribution < 1.29 is 23.8 Å². The van der Waals surface area contributed by atoms with Crippen molar-refractivity contribution in [2.45, 2.75) is 44.6 Å². The summed E-state index contributed by atoms with van der Waals surface area (Å²) in [6.07, 6.45) is 2.35. The molecule has 1 fully saturated rings. The van der Waals surface area contributed by atoms with Gasteiger partial charge in [0, 0.05) is 24.8 Å². The van der Waals surface area contributed by atoms with Crippen LogP contribution in [0.1, 0.15) is 39.2 Å². The molecule has 0 aromatic carbocycles. The molecule has 1 aliphatic heterocycles. The van der Waals surface area contributed by atoms with Crippen molar-refractivity contribution in [3.8, 4) is 5.88 Å². The summed E-state index contributed by atoms with van der Waals surface area (Å²) >= 11 is 0. The number of esters is 1.